The highest BCUT2D eigenvalue weighted by atomic mass is 16.5. The summed E-state index contributed by atoms with van der Waals surface area (Å²) in [5, 5.41) is 14.7. The first-order valence-electron chi connectivity index (χ1n) is 8.90. The molecule has 1 rings (SSSR count). The highest BCUT2D eigenvalue weighted by Crippen LogP contribution is 2.19. The van der Waals surface area contributed by atoms with Crippen LogP contribution in [-0.2, 0) is 23.9 Å². The van der Waals surface area contributed by atoms with Crippen molar-refractivity contribution in [2.75, 3.05) is 20.2 Å². The first-order chi connectivity index (χ1) is 12.2. The van der Waals surface area contributed by atoms with Gasteiger partial charge in [-0.1, -0.05) is 6.92 Å². The standard InChI is InChI=1S/C17H29N3O6/c1-5-26-17(25)12(9-10(2)14(21)18-4)19-11(3)15(22)20-8-6-7-13(20)16(23)24/h10-13,19H,5-9H2,1-4H3,(H,18,21)(H,23,24)/t10?,11-,12?,13-/m0/s1. The SMILES string of the molecule is CCOC(=O)C(CC(C)C(=O)NC)N[C@@H](C)C(=O)N1CCC[C@H]1C(=O)O. The topological polar surface area (TPSA) is 125 Å². The molecule has 0 aromatic heterocycles. The maximum Gasteiger partial charge on any atom is 0.326 e. The minimum Gasteiger partial charge on any atom is -0.480 e. The molecule has 26 heavy (non-hydrogen) atoms. The molecule has 9 heteroatoms. The Kier molecular flexibility index (Phi) is 8.50. The van der Waals surface area contributed by atoms with Crippen LogP contribution in [0.1, 0.15) is 40.0 Å². The normalized spacial score (nSPS) is 20.2. The van der Waals surface area contributed by atoms with Crippen molar-refractivity contribution in [2.45, 2.75) is 58.2 Å². The van der Waals surface area contributed by atoms with Gasteiger partial charge in [0, 0.05) is 19.5 Å². The van der Waals surface area contributed by atoms with Gasteiger partial charge in [0.1, 0.15) is 12.1 Å². The number of carboxylic acids is 1. The van der Waals surface area contributed by atoms with Gasteiger partial charge in [-0.2, -0.15) is 0 Å². The number of rotatable bonds is 9. The van der Waals surface area contributed by atoms with E-state index in [-0.39, 0.29) is 24.8 Å². The summed E-state index contributed by atoms with van der Waals surface area (Å²) in [4.78, 5) is 49.2. The van der Waals surface area contributed by atoms with E-state index in [2.05, 4.69) is 10.6 Å². The maximum atomic E-state index is 12.6. The van der Waals surface area contributed by atoms with Gasteiger partial charge in [-0.05, 0) is 33.1 Å². The molecule has 0 spiro atoms. The number of carbonyl (C=O) groups excluding carboxylic acids is 3. The fourth-order valence-electron chi connectivity index (χ4n) is 3.09. The summed E-state index contributed by atoms with van der Waals surface area (Å²) in [5.41, 5.74) is 0. The molecule has 2 unspecified atom stereocenters. The lowest BCUT2D eigenvalue weighted by molar-refractivity contribution is -0.150. The number of amides is 2. The van der Waals surface area contributed by atoms with Crippen LogP contribution in [-0.4, -0.2) is 72.1 Å². The molecule has 0 aliphatic carbocycles. The second-order valence-electron chi connectivity index (χ2n) is 6.47. The molecule has 0 aromatic rings. The van der Waals surface area contributed by atoms with E-state index in [0.717, 1.165) is 0 Å². The number of esters is 1. The van der Waals surface area contributed by atoms with E-state index in [1.54, 1.807) is 20.8 Å². The summed E-state index contributed by atoms with van der Waals surface area (Å²) in [6.07, 6.45) is 1.21. The third kappa shape index (κ3) is 5.69. The molecule has 0 aromatic carbocycles. The predicted molar refractivity (Wildman–Crippen MR) is 93.2 cm³/mol. The number of carbonyl (C=O) groups is 4. The van der Waals surface area contributed by atoms with Crippen molar-refractivity contribution >= 4 is 23.8 Å². The Morgan fingerprint density at radius 3 is 2.46 bits per heavy atom. The number of nitrogens with one attached hydrogen (secondary N) is 2. The summed E-state index contributed by atoms with van der Waals surface area (Å²) in [5.74, 6) is -2.62. The molecule has 0 saturated carbocycles. The number of aliphatic carboxylic acids is 1. The maximum absolute atomic E-state index is 12.6. The Bertz CT molecular complexity index is 539. The molecule has 2 amide bonds. The van der Waals surface area contributed by atoms with Crippen molar-refractivity contribution in [2.24, 2.45) is 5.92 Å². The number of likely N-dealkylation sites (tertiary alicyclic amines) is 1. The quantitative estimate of drug-likeness (QED) is 0.477. The van der Waals surface area contributed by atoms with Gasteiger partial charge in [-0.15, -0.1) is 0 Å². The molecule has 0 bridgehead atoms. The van der Waals surface area contributed by atoms with Crippen molar-refractivity contribution < 1.29 is 29.0 Å². The number of nitrogens with zero attached hydrogens (tertiary/aromatic N) is 1. The molecule has 4 atom stereocenters. The summed E-state index contributed by atoms with van der Waals surface area (Å²) in [6.45, 7) is 5.49. The molecule has 3 N–H and O–H groups in total. The number of hydrogen-bond donors (Lipinski definition) is 3. The van der Waals surface area contributed by atoms with Crippen LogP contribution in [0.25, 0.3) is 0 Å². The van der Waals surface area contributed by atoms with Gasteiger partial charge < -0.3 is 20.1 Å². The first kappa shape index (κ1) is 21.9. The lowest BCUT2D eigenvalue weighted by atomic mass is 10.00. The monoisotopic (exact) mass is 371 g/mol. The minimum atomic E-state index is -1.03. The molecule has 1 aliphatic heterocycles. The molecule has 0 radical (unpaired) electrons. The molecule has 1 saturated heterocycles. The van der Waals surface area contributed by atoms with Crippen molar-refractivity contribution in [1.29, 1.82) is 0 Å². The van der Waals surface area contributed by atoms with Gasteiger partial charge in [0.2, 0.25) is 11.8 Å². The minimum absolute atomic E-state index is 0.165. The second-order valence-corrected chi connectivity index (χ2v) is 6.47. The van der Waals surface area contributed by atoms with Crippen LogP contribution in [0.4, 0.5) is 0 Å². The van der Waals surface area contributed by atoms with Crippen molar-refractivity contribution in [3.8, 4) is 0 Å². The van der Waals surface area contributed by atoms with Crippen molar-refractivity contribution in [3.63, 3.8) is 0 Å². The van der Waals surface area contributed by atoms with Crippen LogP contribution in [0.2, 0.25) is 0 Å². The number of carboxylic acid groups (broad SMARTS) is 1. The van der Waals surface area contributed by atoms with Crippen molar-refractivity contribution in [3.05, 3.63) is 0 Å². The van der Waals surface area contributed by atoms with E-state index >= 15 is 0 Å². The predicted octanol–water partition coefficient (Wildman–Crippen LogP) is -0.256. The van der Waals surface area contributed by atoms with Crippen LogP contribution in [0.5, 0.6) is 0 Å². The van der Waals surface area contributed by atoms with E-state index in [9.17, 15) is 24.3 Å². The molecule has 1 aliphatic rings. The van der Waals surface area contributed by atoms with Gasteiger partial charge in [0.15, 0.2) is 0 Å². The van der Waals surface area contributed by atoms with Crippen LogP contribution in [0, 0.1) is 5.92 Å². The fourth-order valence-corrected chi connectivity index (χ4v) is 3.09. The molecule has 9 nitrogen and oxygen atoms in total. The van der Waals surface area contributed by atoms with Gasteiger partial charge in [-0.25, -0.2) is 4.79 Å². The average Bonchev–Trinajstić information content (AvgIpc) is 3.09. The van der Waals surface area contributed by atoms with Crippen LogP contribution < -0.4 is 10.6 Å². The Labute approximate surface area is 153 Å². The van der Waals surface area contributed by atoms with Gasteiger partial charge in [0.05, 0.1) is 12.6 Å². The fraction of sp³-hybridized carbons (Fsp3) is 0.765. The zero-order valence-corrected chi connectivity index (χ0v) is 15.8. The third-order valence-corrected chi connectivity index (χ3v) is 4.50. The second kappa shape index (κ2) is 10.1. The van der Waals surface area contributed by atoms with Gasteiger partial charge >= 0.3 is 11.9 Å². The van der Waals surface area contributed by atoms with Crippen LogP contribution >= 0.6 is 0 Å². The van der Waals surface area contributed by atoms with Crippen LogP contribution in [0.3, 0.4) is 0 Å². The molecule has 148 valence electrons. The third-order valence-electron chi connectivity index (χ3n) is 4.50. The summed E-state index contributed by atoms with van der Waals surface area (Å²) in [6, 6.07) is -2.45. The van der Waals surface area contributed by atoms with E-state index in [0.29, 0.717) is 19.4 Å². The van der Waals surface area contributed by atoms with E-state index in [4.69, 9.17) is 4.74 Å². The number of ether oxygens (including phenoxy) is 1. The largest absolute Gasteiger partial charge is 0.480 e. The van der Waals surface area contributed by atoms with Gasteiger partial charge in [-0.3, -0.25) is 19.7 Å². The van der Waals surface area contributed by atoms with E-state index in [1.165, 1.54) is 11.9 Å². The summed E-state index contributed by atoms with van der Waals surface area (Å²) < 4.78 is 5.03. The Hall–Kier alpha value is -2.16. The van der Waals surface area contributed by atoms with E-state index in [1.807, 2.05) is 0 Å². The van der Waals surface area contributed by atoms with Gasteiger partial charge in [0.25, 0.3) is 0 Å². The van der Waals surface area contributed by atoms with Crippen LogP contribution in [0.15, 0.2) is 0 Å². The number of hydrogen-bond acceptors (Lipinski definition) is 6. The molecular weight excluding hydrogens is 342 g/mol. The zero-order chi connectivity index (χ0) is 19.9. The molecule has 1 heterocycles. The average molecular weight is 371 g/mol. The lowest BCUT2D eigenvalue weighted by Gasteiger charge is -2.28. The smallest absolute Gasteiger partial charge is 0.326 e. The summed E-state index contributed by atoms with van der Waals surface area (Å²) in [7, 11) is 1.51. The first-order valence-corrected chi connectivity index (χ1v) is 8.90. The zero-order valence-electron chi connectivity index (χ0n) is 15.8. The van der Waals surface area contributed by atoms with E-state index < -0.39 is 36.0 Å². The molecule has 1 fully saturated rings. The molecular formula is C17H29N3O6. The highest BCUT2D eigenvalue weighted by molar-refractivity contribution is 5.88. The lowest BCUT2D eigenvalue weighted by Crippen LogP contribution is -2.53. The Morgan fingerprint density at radius 2 is 1.92 bits per heavy atom. The Balaban J connectivity index is 2.81. The summed E-state index contributed by atoms with van der Waals surface area (Å²) >= 11 is 0. The Morgan fingerprint density at radius 1 is 1.27 bits per heavy atom. The highest BCUT2D eigenvalue weighted by Gasteiger charge is 2.37. The van der Waals surface area contributed by atoms with Crippen molar-refractivity contribution in [1.82, 2.24) is 15.5 Å².